The number of rotatable bonds is 4. The Kier molecular flexibility index (Phi) is 3.34. The van der Waals surface area contributed by atoms with E-state index >= 15 is 0 Å². The van der Waals surface area contributed by atoms with Crippen LogP contribution in [0.15, 0.2) is 36.9 Å². The van der Waals surface area contributed by atoms with E-state index in [1.165, 1.54) is 6.20 Å². The number of aliphatic carboxylic acids is 1. The van der Waals surface area contributed by atoms with E-state index in [0.29, 0.717) is 12.4 Å². The Morgan fingerprint density at radius 3 is 2.65 bits per heavy atom. The molecule has 2 aromatic rings. The van der Waals surface area contributed by atoms with Gasteiger partial charge in [0.15, 0.2) is 24.8 Å². The zero-order valence-electron chi connectivity index (χ0n) is 9.02. The highest BCUT2D eigenvalue weighted by Gasteiger charge is 2.06. The van der Waals surface area contributed by atoms with E-state index in [9.17, 15) is 4.79 Å². The molecule has 2 aromatic heterocycles. The van der Waals surface area contributed by atoms with Gasteiger partial charge in [-0.15, -0.1) is 5.10 Å². The fourth-order valence-corrected chi connectivity index (χ4v) is 1.36. The number of hydrogen-bond donors (Lipinski definition) is 1. The molecule has 6 heteroatoms. The van der Waals surface area contributed by atoms with E-state index in [4.69, 9.17) is 5.11 Å². The zero-order valence-corrected chi connectivity index (χ0v) is 9.02. The van der Waals surface area contributed by atoms with Crippen molar-refractivity contribution >= 4 is 5.97 Å². The molecule has 0 amide bonds. The molecule has 2 rings (SSSR count). The van der Waals surface area contributed by atoms with Gasteiger partial charge in [-0.1, -0.05) is 0 Å². The Labute approximate surface area is 97.6 Å². The van der Waals surface area contributed by atoms with Crippen molar-refractivity contribution in [3.63, 3.8) is 0 Å². The molecule has 1 N–H and O–H groups in total. The van der Waals surface area contributed by atoms with Gasteiger partial charge in [0.25, 0.3) is 0 Å². The molecule has 86 valence electrons. The van der Waals surface area contributed by atoms with Gasteiger partial charge in [-0.2, -0.15) is 5.10 Å². The molecule has 0 atom stereocenters. The first kappa shape index (κ1) is 11.1. The van der Waals surface area contributed by atoms with Gasteiger partial charge in [0.1, 0.15) is 6.42 Å². The number of carbonyl (C=O) groups is 1. The van der Waals surface area contributed by atoms with Crippen LogP contribution in [0.3, 0.4) is 0 Å². The van der Waals surface area contributed by atoms with Crippen molar-refractivity contribution in [3.8, 4) is 11.4 Å². The number of carboxylic acids is 1. The molecule has 0 saturated carbocycles. The number of carboxylic acid groups (broad SMARTS) is 1. The molecule has 2 heterocycles. The average molecular weight is 231 g/mol. The van der Waals surface area contributed by atoms with Gasteiger partial charge >= 0.3 is 5.97 Å². The summed E-state index contributed by atoms with van der Waals surface area (Å²) in [6.07, 6.45) is 6.80. The molecular formula is C11H11N4O2+. The Morgan fingerprint density at radius 2 is 2.06 bits per heavy atom. The molecule has 0 radical (unpaired) electrons. The Bertz CT molecular complexity index is 499. The highest BCUT2D eigenvalue weighted by molar-refractivity contribution is 5.66. The van der Waals surface area contributed by atoms with E-state index in [0.717, 1.165) is 5.56 Å². The lowest BCUT2D eigenvalue weighted by Gasteiger charge is -1.97. The lowest BCUT2D eigenvalue weighted by atomic mass is 10.2. The number of pyridine rings is 1. The lowest BCUT2D eigenvalue weighted by Crippen LogP contribution is -2.33. The second kappa shape index (κ2) is 5.11. The van der Waals surface area contributed by atoms with Crippen molar-refractivity contribution < 1.29 is 14.5 Å². The van der Waals surface area contributed by atoms with Crippen LogP contribution in [-0.4, -0.2) is 26.3 Å². The second-order valence-electron chi connectivity index (χ2n) is 3.43. The highest BCUT2D eigenvalue weighted by Crippen LogP contribution is 2.09. The minimum Gasteiger partial charge on any atom is -0.481 e. The fraction of sp³-hybridized carbons (Fsp3) is 0.182. The van der Waals surface area contributed by atoms with Crippen molar-refractivity contribution in [1.29, 1.82) is 0 Å². The summed E-state index contributed by atoms with van der Waals surface area (Å²) in [5.74, 6) is -0.255. The Morgan fingerprint density at radius 1 is 1.29 bits per heavy atom. The first-order chi connectivity index (χ1) is 8.25. The first-order valence-corrected chi connectivity index (χ1v) is 5.10. The standard InChI is InChI=1S/C11H10N4O2/c16-10(17)3-8-15-6-1-9(2-7-15)11-12-4-5-13-14-11/h1-2,4-7H,3,8H2/p+1. The van der Waals surface area contributed by atoms with Gasteiger partial charge in [-0.3, -0.25) is 4.79 Å². The van der Waals surface area contributed by atoms with Crippen molar-refractivity contribution in [2.45, 2.75) is 13.0 Å². The predicted octanol–water partition coefficient (Wildman–Crippen LogP) is 0.301. The molecule has 0 fully saturated rings. The Balaban J connectivity index is 2.11. The van der Waals surface area contributed by atoms with E-state index in [1.54, 1.807) is 23.2 Å². The van der Waals surface area contributed by atoms with Gasteiger partial charge in [-0.25, -0.2) is 9.55 Å². The number of aromatic nitrogens is 4. The monoisotopic (exact) mass is 231 g/mol. The summed E-state index contributed by atoms with van der Waals surface area (Å²) < 4.78 is 1.80. The second-order valence-corrected chi connectivity index (χ2v) is 3.43. The quantitative estimate of drug-likeness (QED) is 0.765. The molecule has 0 spiro atoms. The summed E-state index contributed by atoms with van der Waals surface area (Å²) in [5.41, 5.74) is 0.852. The zero-order chi connectivity index (χ0) is 12.1. The van der Waals surface area contributed by atoms with E-state index in [-0.39, 0.29) is 6.42 Å². The molecule has 0 bridgehead atoms. The van der Waals surface area contributed by atoms with Crippen molar-refractivity contribution in [2.75, 3.05) is 0 Å². The highest BCUT2D eigenvalue weighted by atomic mass is 16.4. The van der Waals surface area contributed by atoms with Crippen LogP contribution in [0.2, 0.25) is 0 Å². The molecule has 0 aromatic carbocycles. The van der Waals surface area contributed by atoms with Crippen LogP contribution in [0.5, 0.6) is 0 Å². The summed E-state index contributed by atoms with van der Waals surface area (Å²) >= 11 is 0. The van der Waals surface area contributed by atoms with Crippen LogP contribution in [0.4, 0.5) is 0 Å². The minimum absolute atomic E-state index is 0.105. The lowest BCUT2D eigenvalue weighted by molar-refractivity contribution is -0.695. The average Bonchev–Trinajstić information content (AvgIpc) is 2.38. The molecule has 17 heavy (non-hydrogen) atoms. The maximum atomic E-state index is 10.4. The molecule has 0 unspecified atom stereocenters. The summed E-state index contributed by atoms with van der Waals surface area (Å²) in [7, 11) is 0. The normalized spacial score (nSPS) is 10.1. The van der Waals surface area contributed by atoms with E-state index in [2.05, 4.69) is 15.2 Å². The van der Waals surface area contributed by atoms with Gasteiger partial charge < -0.3 is 5.11 Å². The van der Waals surface area contributed by atoms with Crippen LogP contribution in [0, 0.1) is 0 Å². The van der Waals surface area contributed by atoms with Gasteiger partial charge in [0.05, 0.1) is 6.20 Å². The van der Waals surface area contributed by atoms with Crippen molar-refractivity contribution in [2.24, 2.45) is 0 Å². The van der Waals surface area contributed by atoms with Gasteiger partial charge in [0, 0.05) is 23.9 Å². The summed E-state index contributed by atoms with van der Waals surface area (Å²) in [6, 6.07) is 3.66. The molecule has 0 aliphatic heterocycles. The van der Waals surface area contributed by atoms with Crippen molar-refractivity contribution in [3.05, 3.63) is 36.9 Å². The van der Waals surface area contributed by atoms with Gasteiger partial charge in [0.2, 0.25) is 0 Å². The summed E-state index contributed by atoms with van der Waals surface area (Å²) in [6.45, 7) is 0.448. The van der Waals surface area contributed by atoms with E-state index in [1.807, 2.05) is 12.1 Å². The largest absolute Gasteiger partial charge is 0.481 e. The first-order valence-electron chi connectivity index (χ1n) is 5.10. The van der Waals surface area contributed by atoms with Crippen LogP contribution in [0.25, 0.3) is 11.4 Å². The third-order valence-corrected chi connectivity index (χ3v) is 2.22. The molecule has 0 aliphatic rings. The smallest absolute Gasteiger partial charge is 0.309 e. The molecular weight excluding hydrogens is 220 g/mol. The summed E-state index contributed by atoms with van der Waals surface area (Å²) in [5, 5.41) is 16.2. The molecule has 0 saturated heterocycles. The maximum absolute atomic E-state index is 10.4. The van der Waals surface area contributed by atoms with Crippen LogP contribution < -0.4 is 4.57 Å². The minimum atomic E-state index is -0.808. The third kappa shape index (κ3) is 3.04. The molecule has 6 nitrogen and oxygen atoms in total. The van der Waals surface area contributed by atoms with Crippen LogP contribution in [0.1, 0.15) is 6.42 Å². The molecule has 0 aliphatic carbocycles. The van der Waals surface area contributed by atoms with Crippen LogP contribution in [-0.2, 0) is 11.3 Å². The summed E-state index contributed by atoms with van der Waals surface area (Å²) in [4.78, 5) is 14.5. The fourth-order valence-electron chi connectivity index (χ4n) is 1.36. The van der Waals surface area contributed by atoms with Crippen molar-refractivity contribution in [1.82, 2.24) is 15.2 Å². The maximum Gasteiger partial charge on any atom is 0.309 e. The Hall–Kier alpha value is -2.37. The van der Waals surface area contributed by atoms with Gasteiger partial charge in [-0.05, 0) is 0 Å². The van der Waals surface area contributed by atoms with Crippen LogP contribution >= 0.6 is 0 Å². The van der Waals surface area contributed by atoms with E-state index < -0.39 is 5.97 Å². The third-order valence-electron chi connectivity index (χ3n) is 2.22. The number of hydrogen-bond acceptors (Lipinski definition) is 4. The number of nitrogens with zero attached hydrogens (tertiary/aromatic N) is 4. The predicted molar refractivity (Wildman–Crippen MR) is 57.7 cm³/mol. The number of aryl methyl sites for hydroxylation is 1. The topological polar surface area (TPSA) is 79.9 Å². The SMILES string of the molecule is O=C(O)CC[n+]1ccc(-c2nccnn2)cc1.